The summed E-state index contributed by atoms with van der Waals surface area (Å²) in [5, 5.41) is 12.5. The molecule has 0 bridgehead atoms. The average molecular weight is 244 g/mol. The van der Waals surface area contributed by atoms with Crippen LogP contribution in [0.1, 0.15) is 41.0 Å². The Balaban J connectivity index is 4.24. The maximum atomic E-state index is 9.08. The smallest absolute Gasteiger partial charge is 0.0446 e. The molecule has 2 N–H and O–H groups in total. The zero-order valence-electron chi connectivity index (χ0n) is 12.4. The minimum Gasteiger partial charge on any atom is -0.396 e. The Labute approximate surface area is 108 Å². The molecule has 0 spiro atoms. The molecule has 17 heavy (non-hydrogen) atoms. The number of likely N-dealkylation sites (N-methyl/N-ethyl adjacent to an activating group) is 1. The predicted octanol–water partition coefficient (Wildman–Crippen LogP) is 1.96. The summed E-state index contributed by atoms with van der Waals surface area (Å²) in [6.07, 6.45) is 0.848. The first kappa shape index (κ1) is 16.9. The van der Waals surface area contributed by atoms with Gasteiger partial charge in [0.05, 0.1) is 0 Å². The molecular formula is C14H32N2O. The summed E-state index contributed by atoms with van der Waals surface area (Å²) in [6, 6.07) is 0.419. The molecule has 0 radical (unpaired) electrons. The molecular weight excluding hydrogens is 212 g/mol. The second-order valence-corrected chi connectivity index (χ2v) is 5.77. The Morgan fingerprint density at radius 2 is 1.53 bits per heavy atom. The van der Waals surface area contributed by atoms with Crippen molar-refractivity contribution >= 4 is 0 Å². The van der Waals surface area contributed by atoms with Crippen LogP contribution in [-0.2, 0) is 0 Å². The van der Waals surface area contributed by atoms with E-state index in [1.54, 1.807) is 0 Å². The van der Waals surface area contributed by atoms with E-state index in [-0.39, 0.29) is 6.61 Å². The molecule has 0 aliphatic heterocycles. The molecule has 0 aliphatic carbocycles. The lowest BCUT2D eigenvalue weighted by Gasteiger charge is -2.30. The fourth-order valence-corrected chi connectivity index (χ4v) is 2.27. The van der Waals surface area contributed by atoms with Gasteiger partial charge in [-0.15, -0.1) is 0 Å². The van der Waals surface area contributed by atoms with Crippen molar-refractivity contribution < 1.29 is 5.11 Å². The van der Waals surface area contributed by atoms with Gasteiger partial charge in [-0.25, -0.2) is 0 Å². The van der Waals surface area contributed by atoms with Crippen molar-refractivity contribution in [1.82, 2.24) is 10.2 Å². The summed E-state index contributed by atoms with van der Waals surface area (Å²) >= 11 is 0. The molecule has 3 nitrogen and oxygen atoms in total. The van der Waals surface area contributed by atoms with Gasteiger partial charge in [0.1, 0.15) is 0 Å². The highest BCUT2D eigenvalue weighted by Gasteiger charge is 2.15. The molecule has 0 aromatic rings. The maximum absolute atomic E-state index is 9.08. The lowest BCUT2D eigenvalue weighted by atomic mass is 10.1. The van der Waals surface area contributed by atoms with Crippen LogP contribution >= 0.6 is 0 Å². The fraction of sp³-hybridized carbons (Fsp3) is 1.00. The number of aliphatic hydroxyl groups excluding tert-OH is 1. The number of nitrogens with zero attached hydrogens (tertiary/aromatic N) is 1. The largest absolute Gasteiger partial charge is 0.396 e. The fourth-order valence-electron chi connectivity index (χ4n) is 2.27. The zero-order valence-corrected chi connectivity index (χ0v) is 12.4. The molecule has 1 unspecified atom stereocenters. The third-order valence-corrected chi connectivity index (χ3v) is 2.70. The second-order valence-electron chi connectivity index (χ2n) is 5.77. The molecule has 104 valence electrons. The molecule has 0 aromatic heterocycles. The average Bonchev–Trinajstić information content (AvgIpc) is 2.15. The molecule has 0 saturated carbocycles. The first-order valence-corrected chi connectivity index (χ1v) is 7.06. The third kappa shape index (κ3) is 9.57. The van der Waals surface area contributed by atoms with Gasteiger partial charge < -0.3 is 15.3 Å². The monoisotopic (exact) mass is 244 g/mol. The standard InChI is InChI=1S/C14H32N2O/c1-6-15-14(7-8-17)11-16(9-12(2)3)10-13(4)5/h12-15,17H,6-11H2,1-5H3. The Kier molecular flexibility index (Phi) is 9.79. The quantitative estimate of drug-likeness (QED) is 0.617. The summed E-state index contributed by atoms with van der Waals surface area (Å²) < 4.78 is 0. The molecule has 0 aliphatic rings. The molecule has 0 amide bonds. The number of nitrogens with one attached hydrogen (secondary N) is 1. The van der Waals surface area contributed by atoms with E-state index in [4.69, 9.17) is 5.11 Å². The van der Waals surface area contributed by atoms with Crippen molar-refractivity contribution in [3.8, 4) is 0 Å². The Hall–Kier alpha value is -0.120. The van der Waals surface area contributed by atoms with E-state index < -0.39 is 0 Å². The summed E-state index contributed by atoms with van der Waals surface area (Å²) in [5.74, 6) is 1.40. The van der Waals surface area contributed by atoms with Gasteiger partial charge in [-0.1, -0.05) is 34.6 Å². The minimum atomic E-state index is 0.273. The normalized spacial score (nSPS) is 13.9. The highest BCUT2D eigenvalue weighted by molar-refractivity contribution is 4.73. The van der Waals surface area contributed by atoms with Crippen molar-refractivity contribution in [2.75, 3.05) is 32.8 Å². The highest BCUT2D eigenvalue weighted by atomic mass is 16.3. The molecule has 0 saturated heterocycles. The Morgan fingerprint density at radius 1 is 1.00 bits per heavy atom. The molecule has 0 aromatic carbocycles. The van der Waals surface area contributed by atoms with Crippen LogP contribution in [0.25, 0.3) is 0 Å². The Bertz CT molecular complexity index is 156. The van der Waals surface area contributed by atoms with Crippen LogP contribution in [0.5, 0.6) is 0 Å². The van der Waals surface area contributed by atoms with Crippen molar-refractivity contribution in [1.29, 1.82) is 0 Å². The van der Waals surface area contributed by atoms with Crippen LogP contribution in [0, 0.1) is 11.8 Å². The van der Waals surface area contributed by atoms with Gasteiger partial charge in [-0.3, -0.25) is 0 Å². The van der Waals surface area contributed by atoms with Gasteiger partial charge in [0.15, 0.2) is 0 Å². The van der Waals surface area contributed by atoms with E-state index in [2.05, 4.69) is 44.8 Å². The van der Waals surface area contributed by atoms with E-state index in [9.17, 15) is 0 Å². The summed E-state index contributed by atoms with van der Waals surface area (Å²) in [5.41, 5.74) is 0. The highest BCUT2D eigenvalue weighted by Crippen LogP contribution is 2.06. The number of aliphatic hydroxyl groups is 1. The molecule has 0 fully saturated rings. The van der Waals surface area contributed by atoms with Crippen LogP contribution in [-0.4, -0.2) is 48.8 Å². The predicted molar refractivity (Wildman–Crippen MR) is 75.3 cm³/mol. The van der Waals surface area contributed by atoms with Crippen LogP contribution in [0.3, 0.4) is 0 Å². The van der Waals surface area contributed by atoms with Crippen molar-refractivity contribution in [3.05, 3.63) is 0 Å². The maximum Gasteiger partial charge on any atom is 0.0446 e. The molecule has 1 atom stereocenters. The van der Waals surface area contributed by atoms with Crippen LogP contribution in [0.15, 0.2) is 0 Å². The Morgan fingerprint density at radius 3 is 1.88 bits per heavy atom. The van der Waals surface area contributed by atoms with E-state index in [0.29, 0.717) is 17.9 Å². The van der Waals surface area contributed by atoms with Gasteiger partial charge in [0, 0.05) is 32.3 Å². The zero-order chi connectivity index (χ0) is 13.3. The van der Waals surface area contributed by atoms with Gasteiger partial charge in [0.25, 0.3) is 0 Å². The number of rotatable bonds is 10. The van der Waals surface area contributed by atoms with Gasteiger partial charge in [-0.2, -0.15) is 0 Å². The SMILES string of the molecule is CCNC(CCO)CN(CC(C)C)CC(C)C. The number of hydrogen-bond donors (Lipinski definition) is 2. The van der Waals surface area contributed by atoms with E-state index in [1.807, 2.05) is 0 Å². The van der Waals surface area contributed by atoms with Gasteiger partial charge in [0.2, 0.25) is 0 Å². The lowest BCUT2D eigenvalue weighted by Crippen LogP contribution is -2.44. The van der Waals surface area contributed by atoms with Crippen molar-refractivity contribution in [2.45, 2.75) is 47.1 Å². The van der Waals surface area contributed by atoms with E-state index >= 15 is 0 Å². The summed E-state index contributed by atoms with van der Waals surface area (Å²) in [4.78, 5) is 2.53. The molecule has 0 heterocycles. The third-order valence-electron chi connectivity index (χ3n) is 2.70. The van der Waals surface area contributed by atoms with Gasteiger partial charge >= 0.3 is 0 Å². The minimum absolute atomic E-state index is 0.273. The van der Waals surface area contributed by atoms with E-state index in [1.165, 1.54) is 0 Å². The van der Waals surface area contributed by atoms with Crippen LogP contribution in [0.4, 0.5) is 0 Å². The van der Waals surface area contributed by atoms with Crippen LogP contribution < -0.4 is 5.32 Å². The second kappa shape index (κ2) is 9.86. The topological polar surface area (TPSA) is 35.5 Å². The first-order chi connectivity index (χ1) is 7.99. The molecule has 0 rings (SSSR count). The first-order valence-electron chi connectivity index (χ1n) is 7.06. The van der Waals surface area contributed by atoms with Crippen molar-refractivity contribution in [2.24, 2.45) is 11.8 Å². The van der Waals surface area contributed by atoms with Gasteiger partial charge in [-0.05, 0) is 24.8 Å². The van der Waals surface area contributed by atoms with E-state index in [0.717, 1.165) is 32.6 Å². The lowest BCUT2D eigenvalue weighted by molar-refractivity contribution is 0.179. The van der Waals surface area contributed by atoms with Crippen molar-refractivity contribution in [3.63, 3.8) is 0 Å². The number of hydrogen-bond acceptors (Lipinski definition) is 3. The van der Waals surface area contributed by atoms with Crippen LogP contribution in [0.2, 0.25) is 0 Å². The summed E-state index contributed by atoms with van der Waals surface area (Å²) in [7, 11) is 0. The molecule has 3 heteroatoms. The summed E-state index contributed by atoms with van der Waals surface area (Å²) in [6.45, 7) is 15.8.